The van der Waals surface area contributed by atoms with Crippen molar-refractivity contribution in [1.82, 2.24) is 0 Å². The quantitative estimate of drug-likeness (QED) is 0.295. The zero-order valence-electron chi connectivity index (χ0n) is 14.8. The number of ether oxygens (including phenoxy) is 1. The van der Waals surface area contributed by atoms with Gasteiger partial charge in [0.2, 0.25) is 0 Å². The lowest BCUT2D eigenvalue weighted by Crippen LogP contribution is -2.25. The molecule has 0 N–H and O–H groups in total. The van der Waals surface area contributed by atoms with Crippen molar-refractivity contribution >= 4 is 11.3 Å². The minimum Gasteiger partial charge on any atom is -0.429 e. The number of hydrogen-bond donors (Lipinski definition) is 0. The summed E-state index contributed by atoms with van der Waals surface area (Å²) in [5.74, 6) is -9.78. The summed E-state index contributed by atoms with van der Waals surface area (Å²) in [5, 5.41) is 0. The van der Waals surface area contributed by atoms with Crippen molar-refractivity contribution in [3.63, 3.8) is 0 Å². The third-order valence-electron chi connectivity index (χ3n) is 3.98. The van der Waals surface area contributed by atoms with Crippen molar-refractivity contribution in [1.29, 1.82) is 0 Å². The van der Waals surface area contributed by atoms with Crippen LogP contribution in [0.25, 0.3) is 10.4 Å². The topological polar surface area (TPSA) is 9.23 Å². The molecule has 3 aromatic rings. The fraction of sp³-hybridized carbons (Fsp3) is 0.200. The zero-order chi connectivity index (χ0) is 21.3. The van der Waals surface area contributed by atoms with E-state index in [0.29, 0.717) is 4.88 Å². The van der Waals surface area contributed by atoms with Gasteiger partial charge in [-0.1, -0.05) is 13.3 Å². The van der Waals surface area contributed by atoms with Crippen LogP contribution in [0.15, 0.2) is 36.4 Å². The van der Waals surface area contributed by atoms with Crippen LogP contribution in [0.1, 0.15) is 23.8 Å². The molecule has 29 heavy (non-hydrogen) atoms. The summed E-state index contributed by atoms with van der Waals surface area (Å²) in [4.78, 5) is 1.46. The zero-order valence-corrected chi connectivity index (χ0v) is 15.7. The van der Waals surface area contributed by atoms with Crippen LogP contribution in [0.5, 0.6) is 5.75 Å². The van der Waals surface area contributed by atoms with Gasteiger partial charge in [-0.25, -0.2) is 22.0 Å². The maximum atomic E-state index is 14.4. The number of halogens is 7. The number of rotatable bonds is 6. The summed E-state index contributed by atoms with van der Waals surface area (Å²) in [6, 6.07) is 5.16. The van der Waals surface area contributed by atoms with Crippen LogP contribution in [0.4, 0.5) is 30.7 Å². The van der Waals surface area contributed by atoms with Crippen molar-refractivity contribution in [2.24, 2.45) is 0 Å². The predicted octanol–water partition coefficient (Wildman–Crippen LogP) is 7.19. The van der Waals surface area contributed by atoms with Gasteiger partial charge >= 0.3 is 6.11 Å². The van der Waals surface area contributed by atoms with E-state index in [9.17, 15) is 30.7 Å². The Bertz CT molecular complexity index is 999. The molecule has 1 nitrogen and oxygen atoms in total. The van der Waals surface area contributed by atoms with Crippen molar-refractivity contribution in [2.45, 2.75) is 25.9 Å². The summed E-state index contributed by atoms with van der Waals surface area (Å²) in [6.07, 6.45) is -2.97. The highest BCUT2D eigenvalue weighted by Gasteiger charge is 2.41. The summed E-state index contributed by atoms with van der Waals surface area (Å²) in [6.45, 7) is 1.97. The van der Waals surface area contributed by atoms with Gasteiger partial charge in [0.15, 0.2) is 17.5 Å². The van der Waals surface area contributed by atoms with E-state index >= 15 is 0 Å². The SMILES string of the molecule is CCCc1ccc(-c2cc(F)c(C(F)(F)Oc3cc(F)c(F)c(F)c3)c(F)c2)s1. The van der Waals surface area contributed by atoms with E-state index in [1.807, 2.05) is 6.92 Å². The van der Waals surface area contributed by atoms with Gasteiger partial charge in [0.25, 0.3) is 0 Å². The molecule has 0 aliphatic heterocycles. The lowest BCUT2D eigenvalue weighted by atomic mass is 10.1. The molecule has 1 aromatic heterocycles. The molecule has 0 saturated heterocycles. The standard InChI is InChI=1S/C20H13F7OS/c1-2-3-12-4-5-17(29-12)10-6-13(21)18(14(22)7-10)20(26,27)28-11-8-15(23)19(25)16(24)9-11/h4-9H,2-3H2,1H3. The molecule has 0 unspecified atom stereocenters. The van der Waals surface area contributed by atoms with E-state index in [-0.39, 0.29) is 17.7 Å². The fourth-order valence-corrected chi connectivity index (χ4v) is 3.79. The van der Waals surface area contributed by atoms with Crippen molar-refractivity contribution < 1.29 is 35.5 Å². The van der Waals surface area contributed by atoms with Crippen LogP contribution in [0, 0.1) is 29.1 Å². The van der Waals surface area contributed by atoms with E-state index in [1.54, 1.807) is 12.1 Å². The molecule has 0 aliphatic carbocycles. The van der Waals surface area contributed by atoms with Gasteiger partial charge < -0.3 is 4.74 Å². The van der Waals surface area contributed by atoms with Crippen LogP contribution >= 0.6 is 11.3 Å². The van der Waals surface area contributed by atoms with Crippen LogP contribution in [-0.4, -0.2) is 0 Å². The molecule has 0 aliphatic rings. The molecular weight excluding hydrogens is 421 g/mol. The lowest BCUT2D eigenvalue weighted by Gasteiger charge is -2.20. The fourth-order valence-electron chi connectivity index (χ4n) is 2.70. The maximum Gasteiger partial charge on any atom is 0.432 e. The van der Waals surface area contributed by atoms with E-state index in [2.05, 4.69) is 4.74 Å². The number of aryl methyl sites for hydroxylation is 1. The highest BCUT2D eigenvalue weighted by atomic mass is 32.1. The number of hydrogen-bond acceptors (Lipinski definition) is 2. The molecule has 0 saturated carbocycles. The van der Waals surface area contributed by atoms with Gasteiger partial charge in [-0.3, -0.25) is 0 Å². The largest absolute Gasteiger partial charge is 0.432 e. The van der Waals surface area contributed by atoms with Gasteiger partial charge in [0, 0.05) is 21.9 Å². The Morgan fingerprint density at radius 3 is 2.00 bits per heavy atom. The summed E-state index contributed by atoms with van der Waals surface area (Å²) < 4.78 is 101. The second-order valence-corrected chi connectivity index (χ2v) is 7.32. The third kappa shape index (κ3) is 4.39. The van der Waals surface area contributed by atoms with E-state index < -0.39 is 46.5 Å². The number of thiophene rings is 1. The summed E-state index contributed by atoms with van der Waals surface area (Å²) in [7, 11) is 0. The molecule has 0 amide bonds. The minimum atomic E-state index is -4.60. The first kappa shape index (κ1) is 21.2. The van der Waals surface area contributed by atoms with Gasteiger partial charge in [-0.15, -0.1) is 11.3 Å². The molecule has 154 valence electrons. The highest BCUT2D eigenvalue weighted by molar-refractivity contribution is 7.15. The predicted molar refractivity (Wildman–Crippen MR) is 94.5 cm³/mol. The first-order valence-electron chi connectivity index (χ1n) is 8.42. The monoisotopic (exact) mass is 434 g/mol. The Labute approximate surface area is 165 Å². The molecule has 0 fully saturated rings. The second kappa shape index (κ2) is 8.06. The Hall–Kier alpha value is -2.55. The third-order valence-corrected chi connectivity index (χ3v) is 5.17. The number of alkyl halides is 2. The van der Waals surface area contributed by atoms with Gasteiger partial charge in [0.1, 0.15) is 22.9 Å². The summed E-state index contributed by atoms with van der Waals surface area (Å²) >= 11 is 1.28. The Morgan fingerprint density at radius 2 is 1.45 bits per heavy atom. The second-order valence-electron chi connectivity index (χ2n) is 6.15. The minimum absolute atomic E-state index is 0.0609. The number of benzene rings is 2. The molecule has 3 rings (SSSR count). The summed E-state index contributed by atoms with van der Waals surface area (Å²) in [5.41, 5.74) is -1.66. The normalized spacial score (nSPS) is 11.7. The van der Waals surface area contributed by atoms with Crippen molar-refractivity contribution in [3.8, 4) is 16.2 Å². The van der Waals surface area contributed by atoms with Gasteiger partial charge in [-0.2, -0.15) is 8.78 Å². The van der Waals surface area contributed by atoms with E-state index in [1.165, 1.54) is 11.3 Å². The van der Waals surface area contributed by atoms with Gasteiger partial charge in [0.05, 0.1) is 0 Å². The highest BCUT2D eigenvalue weighted by Crippen LogP contribution is 2.38. The molecule has 0 spiro atoms. The van der Waals surface area contributed by atoms with Crippen LogP contribution in [0.3, 0.4) is 0 Å². The average molecular weight is 434 g/mol. The molecule has 0 atom stereocenters. The van der Waals surface area contributed by atoms with Crippen LogP contribution in [-0.2, 0) is 12.5 Å². The van der Waals surface area contributed by atoms with Crippen LogP contribution < -0.4 is 4.74 Å². The van der Waals surface area contributed by atoms with Crippen molar-refractivity contribution in [3.05, 3.63) is 75.9 Å². The average Bonchev–Trinajstić information content (AvgIpc) is 3.07. The van der Waals surface area contributed by atoms with Gasteiger partial charge in [-0.05, 0) is 36.2 Å². The first-order chi connectivity index (χ1) is 13.6. The maximum absolute atomic E-state index is 14.4. The molecule has 1 heterocycles. The Morgan fingerprint density at radius 1 is 0.862 bits per heavy atom. The molecule has 2 aromatic carbocycles. The Kier molecular flexibility index (Phi) is 5.88. The Balaban J connectivity index is 1.95. The molecule has 0 bridgehead atoms. The first-order valence-corrected chi connectivity index (χ1v) is 9.24. The van der Waals surface area contributed by atoms with E-state index in [4.69, 9.17) is 0 Å². The van der Waals surface area contributed by atoms with E-state index in [0.717, 1.165) is 29.9 Å². The lowest BCUT2D eigenvalue weighted by molar-refractivity contribution is -0.189. The van der Waals surface area contributed by atoms with Crippen molar-refractivity contribution in [2.75, 3.05) is 0 Å². The smallest absolute Gasteiger partial charge is 0.429 e. The molecule has 0 radical (unpaired) electrons. The van der Waals surface area contributed by atoms with Crippen LogP contribution in [0.2, 0.25) is 0 Å². The molecular formula is C20H13F7OS. The molecule has 9 heteroatoms.